The first kappa shape index (κ1) is 28.0. The predicted molar refractivity (Wildman–Crippen MR) is 180 cm³/mol. The Hall–Kier alpha value is -4.56. The lowest BCUT2D eigenvalue weighted by molar-refractivity contribution is 0.519. The summed E-state index contributed by atoms with van der Waals surface area (Å²) in [7, 11) is 0. The van der Waals surface area contributed by atoms with Crippen LogP contribution in [-0.4, -0.2) is 0 Å². The van der Waals surface area contributed by atoms with Crippen LogP contribution < -0.4 is 10.6 Å². The van der Waals surface area contributed by atoms with Gasteiger partial charge in [-0.1, -0.05) is 107 Å². The molecule has 0 heterocycles. The number of para-hydroxylation sites is 1. The smallest absolute Gasteiger partial charge is 0.0384 e. The maximum atomic E-state index is 4.65. The number of benzene rings is 4. The molecule has 1 aliphatic carbocycles. The van der Waals surface area contributed by atoms with Crippen LogP contribution in [-0.2, 0) is 0 Å². The lowest BCUT2D eigenvalue weighted by Gasteiger charge is -2.25. The van der Waals surface area contributed by atoms with Gasteiger partial charge in [0.25, 0.3) is 0 Å². The molecule has 4 aromatic rings. The Morgan fingerprint density at radius 3 is 1.90 bits per heavy atom. The van der Waals surface area contributed by atoms with Crippen LogP contribution in [0.3, 0.4) is 0 Å². The molecule has 0 spiro atoms. The van der Waals surface area contributed by atoms with E-state index < -0.39 is 0 Å². The fourth-order valence-electron chi connectivity index (χ4n) is 5.35. The average Bonchev–Trinajstić information content (AvgIpc) is 3.01. The van der Waals surface area contributed by atoms with Gasteiger partial charge in [-0.05, 0) is 106 Å². The molecule has 5 rings (SSSR count). The lowest BCUT2D eigenvalue weighted by Crippen LogP contribution is -2.08. The Morgan fingerprint density at radius 1 is 0.732 bits per heavy atom. The van der Waals surface area contributed by atoms with Crippen molar-refractivity contribution < 1.29 is 0 Å². The highest BCUT2D eigenvalue weighted by molar-refractivity contribution is 5.92. The van der Waals surface area contributed by atoms with Gasteiger partial charge in [0.15, 0.2) is 0 Å². The van der Waals surface area contributed by atoms with E-state index in [0.717, 1.165) is 52.2 Å². The Labute approximate surface area is 245 Å². The summed E-state index contributed by atoms with van der Waals surface area (Å²) in [6, 6.07) is 32.1. The van der Waals surface area contributed by atoms with Crippen molar-refractivity contribution in [3.05, 3.63) is 139 Å². The molecule has 0 radical (unpaired) electrons. The molecule has 0 saturated carbocycles. The minimum Gasteiger partial charge on any atom is -0.359 e. The maximum Gasteiger partial charge on any atom is 0.0384 e. The van der Waals surface area contributed by atoms with Gasteiger partial charge in [-0.2, -0.15) is 0 Å². The highest BCUT2D eigenvalue weighted by Crippen LogP contribution is 2.42. The lowest BCUT2D eigenvalue weighted by atomic mass is 9.79. The molecule has 1 aliphatic rings. The van der Waals surface area contributed by atoms with Gasteiger partial charge in [0.2, 0.25) is 0 Å². The van der Waals surface area contributed by atoms with E-state index in [0.29, 0.717) is 11.8 Å². The molecule has 1 unspecified atom stereocenters. The van der Waals surface area contributed by atoms with E-state index >= 15 is 0 Å². The monoisotopic (exact) mass is 536 g/mol. The van der Waals surface area contributed by atoms with Crippen LogP contribution in [0, 0.1) is 11.8 Å². The van der Waals surface area contributed by atoms with Gasteiger partial charge in [-0.15, -0.1) is 0 Å². The summed E-state index contributed by atoms with van der Waals surface area (Å²) in [5, 5.41) is 7.06. The molecule has 0 amide bonds. The summed E-state index contributed by atoms with van der Waals surface area (Å²) in [6.45, 7) is 15.7. The molecule has 2 N–H and O–H groups in total. The van der Waals surface area contributed by atoms with Crippen molar-refractivity contribution in [2.24, 2.45) is 11.8 Å². The third kappa shape index (κ3) is 6.44. The number of allylic oxidation sites excluding steroid dienone is 5. The van der Waals surface area contributed by atoms with E-state index in [2.05, 4.69) is 136 Å². The van der Waals surface area contributed by atoms with Gasteiger partial charge < -0.3 is 10.6 Å². The third-order valence-corrected chi connectivity index (χ3v) is 8.09. The van der Waals surface area contributed by atoms with Crippen LogP contribution in [0.4, 0.5) is 17.1 Å². The Kier molecular flexibility index (Phi) is 8.70. The van der Waals surface area contributed by atoms with Crippen LogP contribution in [0.25, 0.3) is 33.9 Å². The van der Waals surface area contributed by atoms with E-state index in [1.54, 1.807) is 0 Å². The maximum absolute atomic E-state index is 4.65. The standard InChI is InChI=1S/C39H40N2/c1-6-36-37(30-17-21-34(22-18-30)40-32-13-9-7-10-14-32)25-26-38(39(36)29(5)28(4)27(2)3)31-19-23-35(24-20-31)41-33-15-11-8-12-16-33/h6-11,13-15,17-28,40-41H,1,5,12,16H2,2-4H3. The summed E-state index contributed by atoms with van der Waals surface area (Å²) in [5.41, 5.74) is 12.6. The van der Waals surface area contributed by atoms with Gasteiger partial charge in [0.1, 0.15) is 0 Å². The van der Waals surface area contributed by atoms with Crippen LogP contribution in [0.15, 0.2) is 128 Å². The molecular weight excluding hydrogens is 496 g/mol. The third-order valence-electron chi connectivity index (χ3n) is 8.09. The van der Waals surface area contributed by atoms with Crippen LogP contribution in [0.2, 0.25) is 0 Å². The fraction of sp³-hybridized carbons (Fsp3) is 0.179. The fourth-order valence-corrected chi connectivity index (χ4v) is 5.35. The van der Waals surface area contributed by atoms with E-state index in [9.17, 15) is 0 Å². The van der Waals surface area contributed by atoms with Gasteiger partial charge in [-0.3, -0.25) is 0 Å². The Balaban J connectivity index is 1.52. The Bertz CT molecular complexity index is 1570. The average molecular weight is 537 g/mol. The summed E-state index contributed by atoms with van der Waals surface area (Å²) >= 11 is 0. The van der Waals surface area contributed by atoms with Crippen molar-refractivity contribution in [1.29, 1.82) is 0 Å². The van der Waals surface area contributed by atoms with Crippen LogP contribution in [0.1, 0.15) is 44.7 Å². The number of rotatable bonds is 10. The highest BCUT2D eigenvalue weighted by atomic mass is 14.9. The Morgan fingerprint density at radius 2 is 1.32 bits per heavy atom. The zero-order valence-corrected chi connectivity index (χ0v) is 24.5. The first-order valence-electron chi connectivity index (χ1n) is 14.6. The zero-order chi connectivity index (χ0) is 28.8. The van der Waals surface area contributed by atoms with Gasteiger partial charge in [-0.25, -0.2) is 0 Å². The molecule has 0 bridgehead atoms. The SMILES string of the molecule is C=Cc1c(-c2ccc(Nc3ccccc3)cc2)ccc(-c2ccc(NC3=CC=CCC3)cc2)c1C(=C)C(C)C(C)C. The predicted octanol–water partition coefficient (Wildman–Crippen LogP) is 11.4. The largest absolute Gasteiger partial charge is 0.359 e. The summed E-state index contributed by atoms with van der Waals surface area (Å²) < 4.78 is 0. The minimum absolute atomic E-state index is 0.326. The molecule has 4 aromatic carbocycles. The molecule has 2 nitrogen and oxygen atoms in total. The number of hydrogen-bond acceptors (Lipinski definition) is 2. The van der Waals surface area contributed by atoms with Crippen LogP contribution in [0.5, 0.6) is 0 Å². The number of hydrogen-bond donors (Lipinski definition) is 2. The van der Waals surface area contributed by atoms with Crippen molar-refractivity contribution in [3.8, 4) is 22.3 Å². The quantitative estimate of drug-likeness (QED) is 0.211. The molecule has 0 aliphatic heterocycles. The summed E-state index contributed by atoms with van der Waals surface area (Å²) in [4.78, 5) is 0. The molecule has 41 heavy (non-hydrogen) atoms. The van der Waals surface area contributed by atoms with E-state index in [4.69, 9.17) is 0 Å². The summed E-state index contributed by atoms with van der Waals surface area (Å²) in [6.07, 6.45) is 10.6. The van der Waals surface area contributed by atoms with Crippen molar-refractivity contribution >= 4 is 28.7 Å². The molecular formula is C39H40N2. The zero-order valence-electron chi connectivity index (χ0n) is 24.5. The molecule has 0 saturated heterocycles. The van der Waals surface area contributed by atoms with Crippen LogP contribution >= 0.6 is 0 Å². The number of anilines is 3. The minimum atomic E-state index is 0.326. The van der Waals surface area contributed by atoms with Crippen molar-refractivity contribution in [1.82, 2.24) is 0 Å². The normalized spacial score (nSPS) is 13.4. The van der Waals surface area contributed by atoms with Crippen molar-refractivity contribution in [2.75, 3.05) is 10.6 Å². The first-order chi connectivity index (χ1) is 19.9. The molecule has 0 aromatic heterocycles. The topological polar surface area (TPSA) is 24.1 Å². The van der Waals surface area contributed by atoms with Gasteiger partial charge in [0, 0.05) is 22.8 Å². The molecule has 206 valence electrons. The number of nitrogens with one attached hydrogen (secondary N) is 2. The first-order valence-corrected chi connectivity index (χ1v) is 14.6. The van der Waals surface area contributed by atoms with Crippen molar-refractivity contribution in [2.45, 2.75) is 33.6 Å². The second-order valence-corrected chi connectivity index (χ2v) is 11.1. The summed E-state index contributed by atoms with van der Waals surface area (Å²) in [5.74, 6) is 0.803. The second kappa shape index (κ2) is 12.7. The van der Waals surface area contributed by atoms with Crippen molar-refractivity contribution in [3.63, 3.8) is 0 Å². The van der Waals surface area contributed by atoms with E-state index in [1.165, 1.54) is 22.4 Å². The molecule has 1 atom stereocenters. The van der Waals surface area contributed by atoms with Gasteiger partial charge in [0.05, 0.1) is 0 Å². The van der Waals surface area contributed by atoms with E-state index in [-0.39, 0.29) is 0 Å². The molecule has 2 heteroatoms. The second-order valence-electron chi connectivity index (χ2n) is 11.1. The highest BCUT2D eigenvalue weighted by Gasteiger charge is 2.21. The van der Waals surface area contributed by atoms with Gasteiger partial charge >= 0.3 is 0 Å². The van der Waals surface area contributed by atoms with E-state index in [1.807, 2.05) is 24.3 Å². The molecule has 0 fully saturated rings.